The molecule has 31 heavy (non-hydrogen) atoms. The van der Waals surface area contributed by atoms with Crippen LogP contribution in [0.25, 0.3) is 0 Å². The monoisotopic (exact) mass is 432 g/mol. The molecule has 1 saturated heterocycles. The number of amidine groups is 1. The highest BCUT2D eigenvalue weighted by Crippen LogP contribution is 2.35. The van der Waals surface area contributed by atoms with Crippen LogP contribution < -0.4 is 5.73 Å². The SMILES string of the molecule is C=C(C)C(=C)C(=O)OC[C@H]1O[C@@H]([N+]2(C)C=CC(N)=NC2=O)[C@@H]2OC(=O)/C=C\C(=O)O[C@@H]21. The first-order valence-corrected chi connectivity index (χ1v) is 9.23. The van der Waals surface area contributed by atoms with Gasteiger partial charge in [-0.3, -0.25) is 0 Å². The highest BCUT2D eigenvalue weighted by Gasteiger charge is 2.60. The number of carbonyl (C=O) groups excluding carboxylic acids is 4. The number of amides is 2. The van der Waals surface area contributed by atoms with Gasteiger partial charge in [0, 0.05) is 18.2 Å². The van der Waals surface area contributed by atoms with Gasteiger partial charge < -0.3 is 24.7 Å². The van der Waals surface area contributed by atoms with Crippen molar-refractivity contribution in [2.75, 3.05) is 13.7 Å². The number of hydrogen-bond donors (Lipinski definition) is 1. The first kappa shape index (κ1) is 22.1. The minimum absolute atomic E-state index is 0.00274. The lowest BCUT2D eigenvalue weighted by atomic mass is 10.1. The maximum Gasteiger partial charge on any atom is 0.451 e. The molecule has 5 atom stereocenters. The number of likely N-dealkylation sites (N-methyl/N-ethyl adjacent to an activating group) is 1. The summed E-state index contributed by atoms with van der Waals surface area (Å²) < 4.78 is 21.4. The van der Waals surface area contributed by atoms with Gasteiger partial charge in [0.1, 0.15) is 24.7 Å². The Hall–Kier alpha value is -3.57. The Morgan fingerprint density at radius 2 is 1.77 bits per heavy atom. The molecular weight excluding hydrogens is 410 g/mol. The normalized spacial score (nSPS) is 33.2. The van der Waals surface area contributed by atoms with Crippen molar-refractivity contribution in [2.24, 2.45) is 10.7 Å². The fourth-order valence-electron chi connectivity index (χ4n) is 3.19. The Balaban J connectivity index is 1.90. The van der Waals surface area contributed by atoms with Gasteiger partial charge in [0.15, 0.2) is 6.10 Å². The van der Waals surface area contributed by atoms with Gasteiger partial charge in [-0.25, -0.2) is 19.2 Å². The third-order valence-electron chi connectivity index (χ3n) is 5.01. The summed E-state index contributed by atoms with van der Waals surface area (Å²) in [5.41, 5.74) is 6.06. The van der Waals surface area contributed by atoms with Gasteiger partial charge in [0.2, 0.25) is 12.3 Å². The standard InChI is InChI=1S/C20H21N3O8/c1-10(2)11(3)19(26)28-9-12-16-17(31-15(25)6-5-14(24)30-16)18(29-12)23(4)8-7-13(21)22-20(23)27/h5-8,12,16-18H,1,3,9H2,2,4H3,(H-,21,22,27)/p+1/b6-5-/t12-,16-,17-,18-,23?/m1/s1. The van der Waals surface area contributed by atoms with Gasteiger partial charge in [-0.05, 0) is 12.5 Å². The number of hydrogen-bond acceptors (Lipinski definition) is 9. The fourth-order valence-corrected chi connectivity index (χ4v) is 3.19. The molecule has 1 unspecified atom stereocenters. The van der Waals surface area contributed by atoms with Gasteiger partial charge in [-0.2, -0.15) is 4.48 Å². The summed E-state index contributed by atoms with van der Waals surface area (Å²) in [5, 5.41) is 0. The molecule has 0 radical (unpaired) electrons. The summed E-state index contributed by atoms with van der Waals surface area (Å²) in [4.78, 5) is 52.6. The molecule has 0 saturated carbocycles. The van der Waals surface area contributed by atoms with E-state index >= 15 is 0 Å². The Bertz CT molecular complexity index is 965. The quantitative estimate of drug-likeness (QED) is 0.212. The van der Waals surface area contributed by atoms with Crippen molar-refractivity contribution < 1.29 is 42.6 Å². The van der Waals surface area contributed by atoms with E-state index in [2.05, 4.69) is 18.2 Å². The first-order valence-electron chi connectivity index (χ1n) is 9.23. The molecule has 0 spiro atoms. The molecular formula is C20H22N3O8+. The van der Waals surface area contributed by atoms with E-state index in [1.54, 1.807) is 6.92 Å². The molecule has 2 amide bonds. The number of esters is 3. The minimum Gasteiger partial charge on any atom is -0.459 e. The topological polar surface area (TPSA) is 144 Å². The van der Waals surface area contributed by atoms with Crippen LogP contribution in [-0.4, -0.2) is 72.5 Å². The third-order valence-corrected chi connectivity index (χ3v) is 5.01. The fraction of sp³-hybridized carbons (Fsp3) is 0.350. The maximum atomic E-state index is 12.6. The first-order chi connectivity index (χ1) is 14.5. The lowest BCUT2D eigenvalue weighted by Gasteiger charge is -2.34. The molecule has 3 aliphatic rings. The lowest BCUT2D eigenvalue weighted by Crippen LogP contribution is -2.58. The molecule has 0 bridgehead atoms. The highest BCUT2D eigenvalue weighted by atomic mass is 16.7. The number of urea groups is 1. The van der Waals surface area contributed by atoms with Gasteiger partial charge in [-0.1, -0.05) is 13.2 Å². The molecule has 0 aromatic carbocycles. The van der Waals surface area contributed by atoms with Crippen LogP contribution in [0.1, 0.15) is 6.92 Å². The molecule has 11 heteroatoms. The summed E-state index contributed by atoms with van der Waals surface area (Å²) in [6.07, 6.45) is 0.101. The van der Waals surface area contributed by atoms with Crippen molar-refractivity contribution in [3.8, 4) is 0 Å². The number of ether oxygens (including phenoxy) is 4. The van der Waals surface area contributed by atoms with Gasteiger partial charge in [0.05, 0.1) is 12.6 Å². The van der Waals surface area contributed by atoms with Crippen molar-refractivity contribution in [2.45, 2.75) is 31.5 Å². The summed E-state index contributed by atoms with van der Waals surface area (Å²) in [6.45, 7) is 8.44. The average molecular weight is 432 g/mol. The number of nitrogens with zero attached hydrogens (tertiary/aromatic N) is 2. The molecule has 2 N–H and O–H groups in total. The van der Waals surface area contributed by atoms with Crippen molar-refractivity contribution in [3.63, 3.8) is 0 Å². The molecule has 3 rings (SSSR count). The second-order valence-electron chi connectivity index (χ2n) is 7.34. The van der Waals surface area contributed by atoms with Crippen molar-refractivity contribution in [1.82, 2.24) is 0 Å². The van der Waals surface area contributed by atoms with Crippen LogP contribution in [0.5, 0.6) is 0 Å². The number of rotatable bonds is 5. The summed E-state index contributed by atoms with van der Waals surface area (Å²) in [5.74, 6) is -2.37. The van der Waals surface area contributed by atoms with Crippen LogP contribution in [0, 0.1) is 0 Å². The van der Waals surface area contributed by atoms with E-state index in [4.69, 9.17) is 24.7 Å². The maximum absolute atomic E-state index is 12.6. The van der Waals surface area contributed by atoms with E-state index in [1.807, 2.05) is 0 Å². The molecule has 0 aliphatic carbocycles. The zero-order valence-corrected chi connectivity index (χ0v) is 17.0. The zero-order valence-electron chi connectivity index (χ0n) is 17.0. The van der Waals surface area contributed by atoms with Gasteiger partial charge in [-0.15, -0.1) is 4.99 Å². The van der Waals surface area contributed by atoms with Crippen LogP contribution >= 0.6 is 0 Å². The molecule has 11 nitrogen and oxygen atoms in total. The van der Waals surface area contributed by atoms with Crippen LogP contribution in [0.15, 0.2) is 53.7 Å². The number of nitrogens with two attached hydrogens (primary N) is 1. The Morgan fingerprint density at radius 1 is 1.16 bits per heavy atom. The molecule has 164 valence electrons. The van der Waals surface area contributed by atoms with E-state index in [0.717, 1.165) is 12.2 Å². The van der Waals surface area contributed by atoms with E-state index in [1.165, 1.54) is 19.3 Å². The Kier molecular flexibility index (Phi) is 5.91. The van der Waals surface area contributed by atoms with Crippen molar-refractivity contribution in [3.05, 3.63) is 48.7 Å². The van der Waals surface area contributed by atoms with E-state index in [-0.39, 0.29) is 18.0 Å². The predicted octanol–water partition coefficient (Wildman–Crippen LogP) is 0.231. The van der Waals surface area contributed by atoms with Crippen molar-refractivity contribution >= 4 is 29.8 Å². The highest BCUT2D eigenvalue weighted by molar-refractivity contribution is 5.99. The van der Waals surface area contributed by atoms with Crippen LogP contribution in [0.2, 0.25) is 0 Å². The van der Waals surface area contributed by atoms with E-state index in [0.29, 0.717) is 5.57 Å². The third kappa shape index (κ3) is 4.32. The van der Waals surface area contributed by atoms with Crippen LogP contribution in [0.4, 0.5) is 4.79 Å². The number of carbonyl (C=O) groups is 4. The average Bonchev–Trinajstić information content (AvgIpc) is 3.03. The zero-order chi connectivity index (χ0) is 22.9. The van der Waals surface area contributed by atoms with Gasteiger partial charge >= 0.3 is 23.9 Å². The predicted molar refractivity (Wildman–Crippen MR) is 105 cm³/mol. The number of fused-ring (bicyclic) bond motifs is 1. The molecule has 0 aromatic rings. The summed E-state index contributed by atoms with van der Waals surface area (Å²) >= 11 is 0. The van der Waals surface area contributed by atoms with Crippen LogP contribution in [0.3, 0.4) is 0 Å². The van der Waals surface area contributed by atoms with Crippen LogP contribution in [-0.2, 0) is 33.3 Å². The largest absolute Gasteiger partial charge is 0.459 e. The second kappa shape index (κ2) is 8.28. The van der Waals surface area contributed by atoms with E-state index in [9.17, 15) is 19.2 Å². The number of quaternary nitrogens is 1. The Labute approximate surface area is 177 Å². The molecule has 0 aromatic heterocycles. The number of aliphatic imine (C=N–C) groups is 1. The lowest BCUT2D eigenvalue weighted by molar-refractivity contribution is -0.834. The van der Waals surface area contributed by atoms with Gasteiger partial charge in [0.25, 0.3) is 0 Å². The summed E-state index contributed by atoms with van der Waals surface area (Å²) in [7, 11) is 1.47. The van der Waals surface area contributed by atoms with Crippen molar-refractivity contribution in [1.29, 1.82) is 0 Å². The van der Waals surface area contributed by atoms with E-state index < -0.39 is 53.0 Å². The minimum atomic E-state index is -1.19. The molecule has 3 aliphatic heterocycles. The molecule has 1 fully saturated rings. The molecule has 3 heterocycles. The Morgan fingerprint density at radius 3 is 2.35 bits per heavy atom. The summed E-state index contributed by atoms with van der Waals surface area (Å²) in [6, 6.07) is -0.683. The smallest absolute Gasteiger partial charge is 0.451 e. The second-order valence-corrected chi connectivity index (χ2v) is 7.34.